The molecule has 7 heteroatoms. The molecule has 6 nitrogen and oxygen atoms in total. The summed E-state index contributed by atoms with van der Waals surface area (Å²) in [6.07, 6.45) is 1.21. The van der Waals surface area contributed by atoms with Gasteiger partial charge in [0.05, 0.1) is 30.1 Å². The summed E-state index contributed by atoms with van der Waals surface area (Å²) in [4.78, 5) is 13.5. The van der Waals surface area contributed by atoms with Crippen LogP contribution >= 0.6 is 11.8 Å². The number of benzene rings is 2. The third kappa shape index (κ3) is 5.63. The predicted octanol–water partition coefficient (Wildman–Crippen LogP) is 3.91. The Morgan fingerprint density at radius 3 is 2.37 bits per heavy atom. The van der Waals surface area contributed by atoms with Crippen molar-refractivity contribution in [1.29, 1.82) is 1.43 Å². The van der Waals surface area contributed by atoms with E-state index >= 15 is 0 Å². The molecular weight excluding hydrogens is 362 g/mol. The van der Waals surface area contributed by atoms with Gasteiger partial charge in [-0.15, -0.1) is 11.8 Å². The number of nitrogens with zero attached hydrogens (tertiary/aromatic N) is 2. The highest BCUT2D eigenvalue weighted by Gasteiger charge is 2.17. The Kier molecular flexibility index (Phi) is 6.98. The third-order valence-electron chi connectivity index (χ3n) is 4.17. The van der Waals surface area contributed by atoms with Crippen molar-refractivity contribution in [3.8, 4) is 0 Å². The molecule has 0 aliphatic rings. The normalized spacial score (nSPS) is 14.0. The lowest BCUT2D eigenvalue weighted by Gasteiger charge is -2.18. The van der Waals surface area contributed by atoms with E-state index in [2.05, 4.69) is 32.8 Å². The van der Waals surface area contributed by atoms with Crippen LogP contribution in [0, 0.1) is 13.8 Å². The third-order valence-corrected chi connectivity index (χ3v) is 4.88. The second kappa shape index (κ2) is 9.64. The summed E-state index contributed by atoms with van der Waals surface area (Å²) in [5.74, 6) is -0.356. The minimum absolute atomic E-state index is 0.0935. The van der Waals surface area contributed by atoms with Gasteiger partial charge in [-0.2, -0.15) is 10.2 Å². The number of rotatable bonds is 8. The van der Waals surface area contributed by atoms with E-state index in [-0.39, 0.29) is 12.5 Å². The molecule has 2 rings (SSSR count). The van der Waals surface area contributed by atoms with Gasteiger partial charge in [-0.05, 0) is 74.6 Å². The lowest BCUT2D eigenvalue weighted by molar-refractivity contribution is 0.0758. The minimum Gasteiger partial charge on any atom is -0.394 e. The van der Waals surface area contributed by atoms with E-state index in [4.69, 9.17) is 1.43 Å². The predicted molar refractivity (Wildman–Crippen MR) is 108 cm³/mol. The lowest BCUT2D eigenvalue weighted by atomic mass is 10.1. The first-order valence-electron chi connectivity index (χ1n) is 9.00. The number of hydrogen-bond donors (Lipinski definition) is 3. The molecular formula is C20H25N3O3S. The van der Waals surface area contributed by atoms with Crippen LogP contribution in [-0.2, 0) is 0 Å². The van der Waals surface area contributed by atoms with Crippen LogP contribution in [0.1, 0.15) is 28.4 Å². The Balaban J connectivity index is 2.10. The van der Waals surface area contributed by atoms with E-state index in [0.717, 1.165) is 16.8 Å². The molecule has 1 amide bonds. The van der Waals surface area contributed by atoms with Crippen LogP contribution < -0.4 is 5.32 Å². The molecule has 0 saturated carbocycles. The van der Waals surface area contributed by atoms with E-state index in [0.29, 0.717) is 11.3 Å². The Labute approximate surface area is 165 Å². The summed E-state index contributed by atoms with van der Waals surface area (Å²) in [6, 6.07) is 10.2. The molecule has 0 aromatic heterocycles. The van der Waals surface area contributed by atoms with E-state index in [9.17, 15) is 9.90 Å². The van der Waals surface area contributed by atoms with Gasteiger partial charge in [-0.25, -0.2) is 0 Å². The van der Waals surface area contributed by atoms with Gasteiger partial charge in [0.15, 0.2) is 0 Å². The summed E-state index contributed by atoms with van der Waals surface area (Å²) in [5.41, 5.74) is 4.02. The fraction of sp³-hybridized carbons (Fsp3) is 0.350. The lowest BCUT2D eigenvalue weighted by Crippen LogP contribution is -2.44. The number of aryl methyl sites for hydroxylation is 2. The Morgan fingerprint density at radius 1 is 1.22 bits per heavy atom. The molecule has 0 radical (unpaired) electrons. The van der Waals surface area contributed by atoms with Crippen molar-refractivity contribution in [1.82, 2.24) is 5.32 Å². The van der Waals surface area contributed by atoms with Crippen LogP contribution in [0.15, 0.2) is 51.5 Å². The van der Waals surface area contributed by atoms with Crippen LogP contribution in [0.3, 0.4) is 0 Å². The summed E-state index contributed by atoms with van der Waals surface area (Å²) in [6.45, 7) is 5.45. The zero-order valence-corrected chi connectivity index (χ0v) is 16.7. The summed E-state index contributed by atoms with van der Waals surface area (Å²) < 4.78 is 6.79. The van der Waals surface area contributed by atoms with Crippen LogP contribution in [-0.4, -0.2) is 42.6 Å². The zero-order valence-electron chi connectivity index (χ0n) is 16.9. The maximum atomic E-state index is 12.3. The fourth-order valence-electron chi connectivity index (χ4n) is 2.53. The van der Waals surface area contributed by atoms with Gasteiger partial charge >= 0.3 is 0 Å². The number of aliphatic hydroxyl groups excluding tert-OH is 2. The van der Waals surface area contributed by atoms with Crippen molar-refractivity contribution in [2.24, 2.45) is 10.2 Å². The number of aliphatic hydroxyl groups is 2. The molecule has 0 spiro atoms. The average molecular weight is 389 g/mol. The number of carbonyl (C=O) groups is 1. The Morgan fingerprint density at radius 2 is 1.85 bits per heavy atom. The fourth-order valence-corrected chi connectivity index (χ4v) is 3.12. The second-order valence-corrected chi connectivity index (χ2v) is 7.22. The van der Waals surface area contributed by atoms with Gasteiger partial charge in [0.2, 0.25) is 1.43 Å². The van der Waals surface area contributed by atoms with Crippen LogP contribution in [0.5, 0.6) is 0 Å². The molecule has 0 aliphatic heterocycles. The molecule has 144 valence electrons. The molecule has 0 saturated heterocycles. The smallest absolute Gasteiger partial charge is 0.251 e. The number of amides is 1. The first-order chi connectivity index (χ1) is 13.3. The van der Waals surface area contributed by atoms with Crippen LogP contribution in [0.4, 0.5) is 11.4 Å². The molecule has 0 fully saturated rings. The van der Waals surface area contributed by atoms with Gasteiger partial charge in [-0.1, -0.05) is 0 Å². The van der Waals surface area contributed by atoms with Crippen LogP contribution in [0.2, 0.25) is 0 Å². The van der Waals surface area contributed by atoms with Crippen molar-refractivity contribution in [3.63, 3.8) is 0 Å². The molecule has 0 bridgehead atoms. The minimum atomic E-state index is -0.827. The quantitative estimate of drug-likeness (QED) is 0.472. The highest BCUT2D eigenvalue weighted by atomic mass is 32.2. The van der Waals surface area contributed by atoms with E-state index in [1.165, 1.54) is 11.8 Å². The van der Waals surface area contributed by atoms with E-state index < -0.39 is 12.1 Å². The van der Waals surface area contributed by atoms with E-state index in [1.807, 2.05) is 20.1 Å². The standard InChI is InChI=1S/C20H25N3O3S/c1-12-9-17(27-4)10-13(2)19(12)23-22-16-7-5-15(6-8-16)20(26)21-18(11-24)14(3)25/h5-10,14,18,24-25H,11H2,1-4H3,(H,21,26)/t14-,18-/m0/s1/i24D. The maximum absolute atomic E-state index is 12.3. The molecule has 0 aliphatic carbocycles. The summed E-state index contributed by atoms with van der Waals surface area (Å²) >= 11 is 1.69. The maximum Gasteiger partial charge on any atom is 0.251 e. The van der Waals surface area contributed by atoms with Crippen molar-refractivity contribution >= 4 is 29.0 Å². The highest BCUT2D eigenvalue weighted by molar-refractivity contribution is 7.98. The largest absolute Gasteiger partial charge is 0.394 e. The number of thioether (sulfide) groups is 1. The van der Waals surface area contributed by atoms with Gasteiger partial charge in [0, 0.05) is 10.5 Å². The summed E-state index contributed by atoms with van der Waals surface area (Å²) in [7, 11) is 0. The molecule has 2 aromatic rings. The second-order valence-electron chi connectivity index (χ2n) is 6.34. The van der Waals surface area contributed by atoms with E-state index in [1.54, 1.807) is 36.0 Å². The molecule has 3 N–H and O–H groups in total. The van der Waals surface area contributed by atoms with Crippen molar-refractivity contribution in [2.75, 3.05) is 12.9 Å². The SMILES string of the molecule is [2H]OC[C@H](NC(=O)c1ccc(N=Nc2c(C)cc(SC)cc2C)cc1)[C@H](C)O. The Hall–Kier alpha value is -2.22. The number of hydrogen-bond acceptors (Lipinski definition) is 6. The van der Waals surface area contributed by atoms with Gasteiger partial charge in [0.25, 0.3) is 5.91 Å². The van der Waals surface area contributed by atoms with Crippen molar-refractivity contribution in [3.05, 3.63) is 53.1 Å². The molecule has 27 heavy (non-hydrogen) atoms. The van der Waals surface area contributed by atoms with Gasteiger partial charge in [-0.3, -0.25) is 4.79 Å². The average Bonchev–Trinajstić information content (AvgIpc) is 2.67. The summed E-state index contributed by atoms with van der Waals surface area (Å²) in [5, 5.41) is 25.2. The van der Waals surface area contributed by atoms with Crippen LogP contribution in [0.25, 0.3) is 0 Å². The molecule has 0 heterocycles. The first-order valence-corrected chi connectivity index (χ1v) is 9.82. The van der Waals surface area contributed by atoms with Crippen molar-refractivity contribution < 1.29 is 15.0 Å². The number of carbonyl (C=O) groups excluding carboxylic acids is 1. The zero-order chi connectivity index (χ0) is 20.7. The topological polar surface area (TPSA) is 94.3 Å². The Bertz CT molecular complexity index is 818. The molecule has 0 unspecified atom stereocenters. The number of azo groups is 1. The van der Waals surface area contributed by atoms with Gasteiger partial charge < -0.3 is 15.5 Å². The highest BCUT2D eigenvalue weighted by Crippen LogP contribution is 2.30. The monoisotopic (exact) mass is 388 g/mol. The molecule has 2 aromatic carbocycles. The van der Waals surface area contributed by atoms with Gasteiger partial charge in [0.1, 0.15) is 0 Å². The number of nitrogens with one attached hydrogen (secondary N) is 1. The molecule has 2 atom stereocenters. The first kappa shape index (κ1) is 19.5. The van der Waals surface area contributed by atoms with Crippen molar-refractivity contribution in [2.45, 2.75) is 37.8 Å².